The van der Waals surface area contributed by atoms with Crippen molar-refractivity contribution in [2.24, 2.45) is 0 Å². The quantitative estimate of drug-likeness (QED) is 0.0848. The maximum absolute atomic E-state index is 11.4. The van der Waals surface area contributed by atoms with Crippen molar-refractivity contribution in [1.29, 1.82) is 0 Å². The van der Waals surface area contributed by atoms with E-state index in [4.69, 9.17) is 0 Å². The zero-order valence-electron chi connectivity index (χ0n) is 41.4. The van der Waals surface area contributed by atoms with Gasteiger partial charge in [-0.25, -0.2) is 50.5 Å². The largest absolute Gasteiger partial charge is 3.00 e. The van der Waals surface area contributed by atoms with Crippen LogP contribution in [0.4, 0.5) is 79.0 Å². The summed E-state index contributed by atoms with van der Waals surface area (Å²) in [6.07, 6.45) is 10.8. The first-order valence-electron chi connectivity index (χ1n) is 21.3. The smallest absolute Gasteiger partial charge is 0.421 e. The number of aromatic nitrogens is 6. The summed E-state index contributed by atoms with van der Waals surface area (Å²) in [4.78, 5) is 26.1. The van der Waals surface area contributed by atoms with Gasteiger partial charge in [0.1, 0.15) is 0 Å². The van der Waals surface area contributed by atoms with E-state index in [9.17, 15) is 130 Å². The van der Waals surface area contributed by atoms with E-state index in [2.05, 4.69) is 103 Å². The predicted molar refractivity (Wildman–Crippen MR) is 271 cm³/mol. The third kappa shape index (κ3) is 19.2. The number of pyridine rings is 6. The first kappa shape index (κ1) is 75.2. The van der Waals surface area contributed by atoms with Crippen molar-refractivity contribution in [3.8, 4) is 0 Å². The molecule has 0 unspecified atom stereocenters. The van der Waals surface area contributed by atoms with Crippen molar-refractivity contribution in [2.75, 3.05) is 0 Å². The molecule has 88 heavy (non-hydrogen) atoms. The molecule has 0 aliphatic carbocycles. The summed E-state index contributed by atoms with van der Waals surface area (Å²) in [5.41, 5.74) is -31.4. The van der Waals surface area contributed by atoms with Crippen LogP contribution in [0.25, 0.3) is 77.8 Å². The van der Waals surface area contributed by atoms with E-state index < -0.39 is 93.2 Å². The molecule has 9 rings (SSSR count). The summed E-state index contributed by atoms with van der Waals surface area (Å²) in [6, 6.07) is 36.4. The van der Waals surface area contributed by atoms with Crippen molar-refractivity contribution in [3.05, 3.63) is 159 Å². The Labute approximate surface area is 491 Å². The number of halogens is 18. The number of sulfonamides is 6. The Bertz CT molecular complexity index is 3910. The third-order valence-corrected chi connectivity index (χ3v) is 17.6. The molecule has 6 aromatic heterocycles. The standard InChI is InChI=1S/3C12H8N2.3C2F6NO4S2.Fe/c3*1-3-9-5-6-10-4-2-8-14-12(10)11(9)13-7-1;3*3-1(4,5)14(10,11)9-15(12,13)2(6,7)8;/h3*1-8H;;;;/q;;;3*-1;+3. The summed E-state index contributed by atoms with van der Waals surface area (Å²) in [5.74, 6) is 0. The van der Waals surface area contributed by atoms with Gasteiger partial charge in [-0.1, -0.05) is 72.8 Å². The molecular formula is C42H24F18FeN9O12S6. The fourth-order valence-electron chi connectivity index (χ4n) is 5.68. The van der Waals surface area contributed by atoms with Gasteiger partial charge in [0.05, 0.1) is 33.1 Å². The molecule has 6 heterocycles. The molecule has 0 N–H and O–H groups in total. The van der Waals surface area contributed by atoms with Gasteiger partial charge in [-0.2, -0.15) is 79.0 Å². The van der Waals surface area contributed by atoms with Crippen molar-refractivity contribution in [1.82, 2.24) is 29.9 Å². The number of rotatable bonds is 6. The Morgan fingerprint density at radius 3 is 0.443 bits per heavy atom. The molecule has 21 nitrogen and oxygen atoms in total. The second-order valence-electron chi connectivity index (χ2n) is 15.4. The molecule has 3 aromatic carbocycles. The first-order valence-corrected chi connectivity index (χ1v) is 30.0. The van der Waals surface area contributed by atoms with E-state index in [1.807, 2.05) is 36.4 Å². The van der Waals surface area contributed by atoms with Crippen molar-refractivity contribution < 1.29 is 147 Å². The van der Waals surface area contributed by atoms with Gasteiger partial charge in [0.2, 0.25) is 0 Å². The average Bonchev–Trinajstić information content (AvgIpc) is 3.52. The minimum atomic E-state index is -6.72. The summed E-state index contributed by atoms with van der Waals surface area (Å²) >= 11 is 0. The number of nitrogens with zero attached hydrogens (tertiary/aromatic N) is 9. The van der Waals surface area contributed by atoms with Crippen LogP contribution >= 0.6 is 0 Å². The van der Waals surface area contributed by atoms with Crippen LogP contribution in [0.2, 0.25) is 0 Å². The Morgan fingerprint density at radius 2 is 0.341 bits per heavy atom. The summed E-state index contributed by atoms with van der Waals surface area (Å²) < 4.78 is 328. The maximum atomic E-state index is 11.4. The molecule has 0 aliphatic rings. The van der Waals surface area contributed by atoms with Crippen LogP contribution in [0.5, 0.6) is 0 Å². The van der Waals surface area contributed by atoms with Gasteiger partial charge in [0.25, 0.3) is 0 Å². The van der Waals surface area contributed by atoms with Crippen LogP contribution in [0, 0.1) is 0 Å². The minimum Gasteiger partial charge on any atom is -0.421 e. The van der Waals surface area contributed by atoms with Gasteiger partial charge in [0.15, 0.2) is 60.1 Å². The molecule has 9 aromatic rings. The SMILES string of the molecule is O=S(=O)([N-]S(=O)(=O)C(F)(F)F)C(F)(F)F.O=S(=O)([N-]S(=O)(=O)C(F)(F)F)C(F)(F)F.O=S(=O)([N-]S(=O)(=O)C(F)(F)F)C(F)(F)F.[Fe+3].c1cnc2c(c1)ccc1cccnc12.c1cnc2c(c1)ccc1cccnc12.c1cnc2c(c1)ccc1cccnc12. The number of fused-ring (bicyclic) bond motifs is 9. The van der Waals surface area contributed by atoms with Crippen molar-refractivity contribution in [2.45, 2.75) is 33.0 Å². The van der Waals surface area contributed by atoms with E-state index in [0.717, 1.165) is 77.8 Å². The van der Waals surface area contributed by atoms with Crippen LogP contribution < -0.4 is 0 Å². The second kappa shape index (κ2) is 27.8. The van der Waals surface area contributed by atoms with E-state index in [1.165, 1.54) is 0 Å². The van der Waals surface area contributed by atoms with E-state index >= 15 is 0 Å². The molecule has 0 amide bonds. The van der Waals surface area contributed by atoms with Gasteiger partial charge in [-0.05, 0) is 36.4 Å². The van der Waals surface area contributed by atoms with Crippen LogP contribution in [0.1, 0.15) is 0 Å². The molecule has 479 valence electrons. The van der Waals surface area contributed by atoms with E-state index in [-0.39, 0.29) is 17.1 Å². The fraction of sp³-hybridized carbons (Fsp3) is 0.143. The number of hydrogen-bond acceptors (Lipinski definition) is 18. The van der Waals surface area contributed by atoms with Gasteiger partial charge in [0, 0.05) is 69.5 Å². The molecule has 0 saturated heterocycles. The monoisotopic (exact) mass is 1440 g/mol. The third-order valence-electron chi connectivity index (χ3n) is 9.38. The summed E-state index contributed by atoms with van der Waals surface area (Å²) in [6.45, 7) is 0. The first-order chi connectivity index (χ1) is 39.5. The Kier molecular flexibility index (Phi) is 23.7. The van der Waals surface area contributed by atoms with Crippen LogP contribution in [0.15, 0.2) is 146 Å². The Hall–Kier alpha value is -7.04. The second-order valence-corrected chi connectivity index (χ2v) is 25.7. The van der Waals surface area contributed by atoms with Crippen LogP contribution in [-0.2, 0) is 77.2 Å². The Balaban J connectivity index is 0.000000275. The van der Waals surface area contributed by atoms with E-state index in [0.29, 0.717) is 0 Å². The molecule has 0 spiro atoms. The molecule has 0 bridgehead atoms. The van der Waals surface area contributed by atoms with Crippen LogP contribution in [-0.4, -0.2) is 113 Å². The molecule has 0 aliphatic heterocycles. The van der Waals surface area contributed by atoms with Crippen molar-refractivity contribution >= 4 is 126 Å². The number of benzene rings is 3. The zero-order valence-corrected chi connectivity index (χ0v) is 47.4. The van der Waals surface area contributed by atoms with Crippen LogP contribution in [0.3, 0.4) is 0 Å². The van der Waals surface area contributed by atoms with E-state index in [1.54, 1.807) is 37.2 Å². The minimum absolute atomic E-state index is 0. The van der Waals surface area contributed by atoms with Gasteiger partial charge >= 0.3 is 50.1 Å². The topological polar surface area (TPSA) is 324 Å². The number of hydrogen-bond donors (Lipinski definition) is 0. The molecule has 46 heteroatoms. The molecular weight excluding hydrogens is 1410 g/mol. The summed E-state index contributed by atoms with van der Waals surface area (Å²) in [7, 11) is -40.3. The number of alkyl halides is 18. The van der Waals surface area contributed by atoms with Crippen molar-refractivity contribution in [3.63, 3.8) is 0 Å². The normalized spacial score (nSPS) is 13.0. The van der Waals surface area contributed by atoms with Gasteiger partial charge in [-0.15, -0.1) is 0 Å². The average molecular weight is 1440 g/mol. The molecule has 0 fully saturated rings. The molecule has 1 radical (unpaired) electrons. The van der Waals surface area contributed by atoms with Gasteiger partial charge < -0.3 is 12.4 Å². The summed E-state index contributed by atoms with van der Waals surface area (Å²) in [5, 5.41) is 6.83. The molecule has 0 saturated carbocycles. The molecule has 0 atom stereocenters. The maximum Gasteiger partial charge on any atom is 3.00 e. The predicted octanol–water partition coefficient (Wildman–Crippen LogP) is 11.5. The fourth-order valence-corrected chi connectivity index (χ4v) is 10.8. The zero-order chi connectivity index (χ0) is 66.3. The Morgan fingerprint density at radius 1 is 0.227 bits per heavy atom. The van der Waals surface area contributed by atoms with Gasteiger partial charge in [-0.3, -0.25) is 29.9 Å².